The first-order chi connectivity index (χ1) is 9.04. The average Bonchev–Trinajstić information content (AvgIpc) is 2.73. The fourth-order valence-electron chi connectivity index (χ4n) is 2.61. The Balaban J connectivity index is 2.22. The Morgan fingerprint density at radius 1 is 1.63 bits per heavy atom. The van der Waals surface area contributed by atoms with Gasteiger partial charge in [0.25, 0.3) is 0 Å². The number of hydrogen-bond acceptors (Lipinski definition) is 3. The molecule has 1 N–H and O–H groups in total. The largest absolute Gasteiger partial charge is 0.480 e. The van der Waals surface area contributed by atoms with Crippen LogP contribution >= 0.6 is 0 Å². The minimum atomic E-state index is -0.873. The van der Waals surface area contributed by atoms with Crippen LogP contribution in [0.4, 0.5) is 4.39 Å². The van der Waals surface area contributed by atoms with Gasteiger partial charge in [0, 0.05) is 12.1 Å². The molecule has 0 spiro atoms. The first kappa shape index (κ1) is 13.5. The van der Waals surface area contributed by atoms with Crippen molar-refractivity contribution in [1.29, 1.82) is 5.26 Å². The minimum Gasteiger partial charge on any atom is -0.480 e. The van der Waals surface area contributed by atoms with Crippen LogP contribution in [0.5, 0.6) is 0 Å². The maximum absolute atomic E-state index is 14.0. The summed E-state index contributed by atoms with van der Waals surface area (Å²) in [7, 11) is 0. The van der Waals surface area contributed by atoms with Gasteiger partial charge in [0.15, 0.2) is 0 Å². The summed E-state index contributed by atoms with van der Waals surface area (Å²) in [4.78, 5) is 13.0. The predicted molar refractivity (Wildman–Crippen MR) is 66.7 cm³/mol. The lowest BCUT2D eigenvalue weighted by Gasteiger charge is -2.23. The highest BCUT2D eigenvalue weighted by Gasteiger charge is 2.36. The molecule has 0 aromatic heterocycles. The van der Waals surface area contributed by atoms with Crippen LogP contribution in [-0.2, 0) is 11.3 Å². The highest BCUT2D eigenvalue weighted by atomic mass is 19.1. The molecule has 2 atom stereocenters. The van der Waals surface area contributed by atoms with E-state index in [1.165, 1.54) is 6.07 Å². The SMILES string of the molecule is CC1CCN(Cc2cccc(C#N)c2F)C1C(=O)O. The van der Waals surface area contributed by atoms with Crippen molar-refractivity contribution in [2.24, 2.45) is 5.92 Å². The van der Waals surface area contributed by atoms with Crippen LogP contribution < -0.4 is 0 Å². The zero-order chi connectivity index (χ0) is 14.0. The number of aliphatic carboxylic acids is 1. The third-order valence-corrected chi connectivity index (χ3v) is 3.63. The molecule has 2 rings (SSSR count). The van der Waals surface area contributed by atoms with E-state index in [4.69, 9.17) is 5.26 Å². The third-order valence-electron chi connectivity index (χ3n) is 3.63. The molecule has 1 saturated heterocycles. The Morgan fingerprint density at radius 2 is 2.37 bits per heavy atom. The molecule has 1 aliphatic rings. The molecule has 0 radical (unpaired) electrons. The van der Waals surface area contributed by atoms with Crippen LogP contribution in [0.3, 0.4) is 0 Å². The molecular formula is C14H15FN2O2. The van der Waals surface area contributed by atoms with Gasteiger partial charge < -0.3 is 5.11 Å². The van der Waals surface area contributed by atoms with Crippen LogP contribution in [0.2, 0.25) is 0 Å². The normalized spacial score (nSPS) is 23.2. The van der Waals surface area contributed by atoms with Gasteiger partial charge in [-0.2, -0.15) is 5.26 Å². The molecule has 0 amide bonds. The monoisotopic (exact) mass is 262 g/mol. The molecule has 5 heteroatoms. The Labute approximate surface area is 111 Å². The summed E-state index contributed by atoms with van der Waals surface area (Å²) in [5.41, 5.74) is 0.371. The highest BCUT2D eigenvalue weighted by molar-refractivity contribution is 5.74. The van der Waals surface area contributed by atoms with E-state index in [1.54, 1.807) is 23.1 Å². The minimum absolute atomic E-state index is 0.00313. The van der Waals surface area contributed by atoms with Gasteiger partial charge in [0.1, 0.15) is 17.9 Å². The molecule has 1 aliphatic heterocycles. The summed E-state index contributed by atoms with van der Waals surface area (Å²) < 4.78 is 14.0. The molecule has 2 unspecified atom stereocenters. The number of likely N-dealkylation sites (tertiary alicyclic amines) is 1. The van der Waals surface area contributed by atoms with E-state index in [9.17, 15) is 14.3 Å². The molecule has 4 nitrogen and oxygen atoms in total. The van der Waals surface area contributed by atoms with Gasteiger partial charge in [-0.15, -0.1) is 0 Å². The molecule has 1 aromatic carbocycles. The van der Waals surface area contributed by atoms with E-state index in [2.05, 4.69) is 0 Å². The number of carboxylic acid groups (broad SMARTS) is 1. The van der Waals surface area contributed by atoms with Crippen LogP contribution in [0, 0.1) is 23.1 Å². The van der Waals surface area contributed by atoms with Gasteiger partial charge in [0.2, 0.25) is 0 Å². The van der Waals surface area contributed by atoms with Gasteiger partial charge in [-0.25, -0.2) is 4.39 Å². The number of carboxylic acids is 1. The van der Waals surface area contributed by atoms with Crippen LogP contribution in [-0.4, -0.2) is 28.6 Å². The van der Waals surface area contributed by atoms with E-state index < -0.39 is 17.8 Å². The Hall–Kier alpha value is -1.93. The maximum atomic E-state index is 14.0. The topological polar surface area (TPSA) is 64.3 Å². The molecule has 19 heavy (non-hydrogen) atoms. The second-order valence-corrected chi connectivity index (χ2v) is 4.91. The summed E-state index contributed by atoms with van der Waals surface area (Å²) in [6, 6.07) is 5.84. The lowest BCUT2D eigenvalue weighted by atomic mass is 10.0. The quantitative estimate of drug-likeness (QED) is 0.904. The number of rotatable bonds is 3. The number of benzene rings is 1. The number of nitriles is 1. The molecule has 0 saturated carbocycles. The fraction of sp³-hybridized carbons (Fsp3) is 0.429. The van der Waals surface area contributed by atoms with Gasteiger partial charge in [-0.3, -0.25) is 9.69 Å². The van der Waals surface area contributed by atoms with Crippen molar-refractivity contribution < 1.29 is 14.3 Å². The summed E-state index contributed by atoms with van der Waals surface area (Å²) in [6.45, 7) is 2.75. The Morgan fingerprint density at radius 3 is 3.00 bits per heavy atom. The van der Waals surface area contributed by atoms with Crippen molar-refractivity contribution in [3.63, 3.8) is 0 Å². The zero-order valence-electron chi connectivity index (χ0n) is 10.6. The van der Waals surface area contributed by atoms with E-state index in [0.29, 0.717) is 12.1 Å². The first-order valence-corrected chi connectivity index (χ1v) is 6.19. The van der Waals surface area contributed by atoms with Crippen molar-refractivity contribution in [1.82, 2.24) is 4.90 Å². The van der Waals surface area contributed by atoms with Gasteiger partial charge >= 0.3 is 5.97 Å². The van der Waals surface area contributed by atoms with Gasteiger partial charge in [-0.05, 0) is 24.9 Å². The fourth-order valence-corrected chi connectivity index (χ4v) is 2.61. The molecule has 100 valence electrons. The highest BCUT2D eigenvalue weighted by Crippen LogP contribution is 2.26. The maximum Gasteiger partial charge on any atom is 0.321 e. The number of hydrogen-bond donors (Lipinski definition) is 1. The smallest absolute Gasteiger partial charge is 0.321 e. The second-order valence-electron chi connectivity index (χ2n) is 4.91. The number of carbonyl (C=O) groups is 1. The van der Waals surface area contributed by atoms with E-state index in [1.807, 2.05) is 6.92 Å². The van der Waals surface area contributed by atoms with Crippen LogP contribution in [0.15, 0.2) is 18.2 Å². The average molecular weight is 262 g/mol. The molecular weight excluding hydrogens is 247 g/mol. The molecule has 1 heterocycles. The standard InChI is InChI=1S/C14H15FN2O2/c1-9-5-6-17(13(9)14(18)19)8-11-4-2-3-10(7-16)12(11)15/h2-4,9,13H,5-6,8H2,1H3,(H,18,19). The van der Waals surface area contributed by atoms with Crippen molar-refractivity contribution in [3.8, 4) is 6.07 Å². The second kappa shape index (κ2) is 5.37. The van der Waals surface area contributed by atoms with Crippen molar-refractivity contribution in [3.05, 3.63) is 35.1 Å². The summed E-state index contributed by atoms with van der Waals surface area (Å²) >= 11 is 0. The lowest BCUT2D eigenvalue weighted by Crippen LogP contribution is -2.38. The molecule has 1 aromatic rings. The molecule has 0 aliphatic carbocycles. The first-order valence-electron chi connectivity index (χ1n) is 6.19. The summed E-state index contributed by atoms with van der Waals surface area (Å²) in [5, 5.41) is 18.0. The predicted octanol–water partition coefficient (Wildman–Crippen LogP) is 1.99. The Kier molecular flexibility index (Phi) is 3.82. The number of nitrogens with zero attached hydrogens (tertiary/aromatic N) is 2. The van der Waals surface area contributed by atoms with Crippen molar-refractivity contribution >= 4 is 5.97 Å². The number of halogens is 1. The van der Waals surface area contributed by atoms with Crippen LogP contribution in [0.1, 0.15) is 24.5 Å². The van der Waals surface area contributed by atoms with Crippen molar-refractivity contribution in [2.45, 2.75) is 25.9 Å². The molecule has 0 bridgehead atoms. The van der Waals surface area contributed by atoms with Gasteiger partial charge in [-0.1, -0.05) is 19.1 Å². The van der Waals surface area contributed by atoms with E-state index >= 15 is 0 Å². The van der Waals surface area contributed by atoms with Crippen LogP contribution in [0.25, 0.3) is 0 Å². The van der Waals surface area contributed by atoms with E-state index in [-0.39, 0.29) is 18.0 Å². The Bertz CT molecular complexity index is 539. The van der Waals surface area contributed by atoms with E-state index in [0.717, 1.165) is 6.42 Å². The van der Waals surface area contributed by atoms with Crippen molar-refractivity contribution in [2.75, 3.05) is 6.54 Å². The summed E-state index contributed by atoms with van der Waals surface area (Å²) in [6.07, 6.45) is 0.788. The van der Waals surface area contributed by atoms with Gasteiger partial charge in [0.05, 0.1) is 5.56 Å². The third kappa shape index (κ3) is 2.59. The zero-order valence-corrected chi connectivity index (χ0v) is 10.6. The lowest BCUT2D eigenvalue weighted by molar-refractivity contribution is -0.143. The summed E-state index contributed by atoms with van der Waals surface area (Å²) in [5.74, 6) is -1.37. The molecule has 1 fully saturated rings.